The Kier molecular flexibility index (Phi) is 24.6. The number of fused-ring (bicyclic) bond motifs is 8. The number of benzene rings is 4. The van der Waals surface area contributed by atoms with Gasteiger partial charge in [0.1, 0.15) is 0 Å². The lowest BCUT2D eigenvalue weighted by atomic mass is 9.81. The molecule has 8 N–H and O–H groups in total. The number of hydrogen-bond donors (Lipinski definition) is 8. The zero-order valence-corrected chi connectivity index (χ0v) is 59.3. The number of aryl methyl sites for hydroxylation is 4. The molecular formula is C72H96N8O12S4. The van der Waals surface area contributed by atoms with Crippen LogP contribution in [0.5, 0.6) is 0 Å². The molecule has 0 saturated carbocycles. The van der Waals surface area contributed by atoms with E-state index in [0.717, 1.165) is 48.4 Å². The zero-order valence-electron chi connectivity index (χ0n) is 56.1. The van der Waals surface area contributed by atoms with E-state index in [9.17, 15) is 33.7 Å². The molecule has 5 fully saturated rings. The van der Waals surface area contributed by atoms with E-state index in [-0.39, 0.29) is 19.6 Å². The van der Waals surface area contributed by atoms with Crippen molar-refractivity contribution in [1.29, 1.82) is 0 Å². The molecule has 8 unspecified atom stereocenters. The fraction of sp³-hybridized carbons (Fsp3) is 0.444. The molecule has 4 aromatic carbocycles. The molecule has 13 rings (SSSR count). The van der Waals surface area contributed by atoms with Crippen molar-refractivity contribution in [3.8, 4) is 0 Å². The average Bonchev–Trinajstić information content (AvgIpc) is 1.61. The van der Waals surface area contributed by atoms with Crippen molar-refractivity contribution in [1.82, 2.24) is 40.9 Å². The monoisotopic (exact) mass is 1390 g/mol. The highest BCUT2D eigenvalue weighted by atomic mass is 32.2. The van der Waals surface area contributed by atoms with Crippen LogP contribution in [0.4, 0.5) is 0 Å². The van der Waals surface area contributed by atoms with E-state index in [2.05, 4.69) is 142 Å². The largest absolute Gasteiger partial charge is 0.377 e. The number of nitrogens with one attached hydrogen (secondary N) is 4. The highest BCUT2D eigenvalue weighted by molar-refractivity contribution is 7.86. The van der Waals surface area contributed by atoms with Crippen molar-refractivity contribution in [2.24, 2.45) is 23.7 Å². The summed E-state index contributed by atoms with van der Waals surface area (Å²) in [5.74, 6) is 1.89. The maximum Gasteiger partial charge on any atom is 0.294 e. The maximum absolute atomic E-state index is 10.5. The Morgan fingerprint density at radius 3 is 0.573 bits per heavy atom. The normalized spacial score (nSPS) is 27.9. The number of allylic oxidation sites excluding steroid dienone is 4. The molecule has 0 amide bonds. The first-order valence-corrected chi connectivity index (χ1v) is 38.7. The molecule has 20 nitrogen and oxygen atoms in total. The standard InChI is InChI=1S/C44H64N8.4C7H8O3S/c1-49-21-13-29(14-22-49)41-33-5-7-35(45-33)42(30-15-23-50(2)24-16-30)37-9-11-39(47-37)44(32-19-27-52(4)28-20-32)40-12-10-38(48-40)43(36-8-6-34(41)46-36)31-17-25-51(3)26-18-31;4*1-6-2-4-7(5-3-6)11(8,9)10/h13-21,23,25,27,33-48H,5-12,22,24,26,28H2,1-4H3;4*2-5H,1H3,(H,8,9,10). The van der Waals surface area contributed by atoms with Gasteiger partial charge >= 0.3 is 0 Å². The van der Waals surface area contributed by atoms with Gasteiger partial charge in [-0.25, -0.2) is 0 Å². The van der Waals surface area contributed by atoms with Crippen LogP contribution in [0.15, 0.2) is 212 Å². The van der Waals surface area contributed by atoms with Crippen LogP contribution in [0, 0.1) is 51.4 Å². The van der Waals surface area contributed by atoms with Crippen LogP contribution in [-0.4, -0.2) is 174 Å². The predicted molar refractivity (Wildman–Crippen MR) is 377 cm³/mol. The molecule has 520 valence electrons. The zero-order chi connectivity index (χ0) is 69.3. The van der Waals surface area contributed by atoms with Crippen LogP contribution in [0.25, 0.3) is 0 Å². The molecule has 4 aromatic rings. The van der Waals surface area contributed by atoms with E-state index in [1.807, 2.05) is 27.7 Å². The smallest absolute Gasteiger partial charge is 0.294 e. The van der Waals surface area contributed by atoms with Gasteiger partial charge in [0.15, 0.2) is 0 Å². The second-order valence-corrected chi connectivity index (χ2v) is 32.6. The van der Waals surface area contributed by atoms with Crippen molar-refractivity contribution < 1.29 is 51.9 Å². The molecule has 0 aliphatic carbocycles. The van der Waals surface area contributed by atoms with Crippen molar-refractivity contribution >= 4 is 40.5 Å². The van der Waals surface area contributed by atoms with Gasteiger partial charge in [-0.15, -0.1) is 0 Å². The minimum atomic E-state index is -4.02. The first-order chi connectivity index (χ1) is 45.4. The molecule has 9 heterocycles. The Morgan fingerprint density at radius 1 is 0.292 bits per heavy atom. The summed E-state index contributed by atoms with van der Waals surface area (Å²) in [7, 11) is -7.28. The summed E-state index contributed by atoms with van der Waals surface area (Å²) in [6.07, 6.45) is 39.1. The minimum Gasteiger partial charge on any atom is -0.377 e. The van der Waals surface area contributed by atoms with Crippen molar-refractivity contribution in [2.75, 3.05) is 54.4 Å². The third kappa shape index (κ3) is 19.9. The lowest BCUT2D eigenvalue weighted by molar-refractivity contribution is 0.264. The molecule has 0 radical (unpaired) electrons. The minimum absolute atomic E-state index is 0.0666. The third-order valence-corrected chi connectivity index (χ3v) is 23.2. The molecule has 8 bridgehead atoms. The van der Waals surface area contributed by atoms with Gasteiger partial charge in [0.25, 0.3) is 40.5 Å². The molecule has 24 heteroatoms. The lowest BCUT2D eigenvalue weighted by Crippen LogP contribution is -2.54. The average molecular weight is 1390 g/mol. The van der Waals surface area contributed by atoms with Crippen LogP contribution in [0.3, 0.4) is 0 Å². The summed E-state index contributed by atoms with van der Waals surface area (Å²) in [4.78, 5) is 8.99. The predicted octanol–water partition coefficient (Wildman–Crippen LogP) is 9.46. The van der Waals surface area contributed by atoms with Gasteiger partial charge < -0.3 is 40.9 Å². The Hall–Kier alpha value is -6.52. The number of rotatable bonds is 8. The van der Waals surface area contributed by atoms with E-state index in [4.69, 9.17) is 18.2 Å². The van der Waals surface area contributed by atoms with Crippen molar-refractivity contribution in [3.63, 3.8) is 0 Å². The molecule has 96 heavy (non-hydrogen) atoms. The van der Waals surface area contributed by atoms with Gasteiger partial charge in [-0.3, -0.25) is 18.2 Å². The topological polar surface area (TPSA) is 279 Å². The van der Waals surface area contributed by atoms with Gasteiger partial charge in [0.05, 0.1) is 19.6 Å². The van der Waals surface area contributed by atoms with Crippen LogP contribution in [-0.2, 0) is 40.5 Å². The van der Waals surface area contributed by atoms with Crippen LogP contribution in [0.2, 0.25) is 0 Å². The number of likely N-dealkylation sites (N-methyl/N-ethyl adjacent to an activating group) is 4. The summed E-state index contributed by atoms with van der Waals surface area (Å²) in [6.45, 7) is 11.4. The van der Waals surface area contributed by atoms with E-state index in [1.54, 1.807) is 70.8 Å². The molecular weight excluding hydrogens is 1300 g/mol. The Morgan fingerprint density at radius 2 is 0.448 bits per heavy atom. The summed E-state index contributed by atoms with van der Waals surface area (Å²) in [5, 5.41) is 17.7. The molecule has 0 aromatic heterocycles. The first-order valence-electron chi connectivity index (χ1n) is 32.9. The van der Waals surface area contributed by atoms with E-state index in [0.29, 0.717) is 72.0 Å². The molecule has 0 spiro atoms. The number of nitrogens with zero attached hydrogens (tertiary/aromatic N) is 4. The van der Waals surface area contributed by atoms with Crippen molar-refractivity contribution in [3.05, 3.63) is 215 Å². The maximum atomic E-state index is 10.5. The first kappa shape index (κ1) is 73.7. The number of hydrogen-bond acceptors (Lipinski definition) is 16. The Labute approximate surface area is 569 Å². The second kappa shape index (κ2) is 32.0. The van der Waals surface area contributed by atoms with Gasteiger partial charge in [0.2, 0.25) is 0 Å². The van der Waals surface area contributed by atoms with Crippen LogP contribution < -0.4 is 21.3 Å². The fourth-order valence-electron chi connectivity index (χ4n) is 14.6. The third-order valence-electron chi connectivity index (χ3n) is 19.7. The molecule has 9 aliphatic rings. The van der Waals surface area contributed by atoms with Gasteiger partial charge in [-0.2, -0.15) is 33.7 Å². The Balaban J connectivity index is 0.000000196. The Bertz CT molecular complexity index is 3500. The molecule has 9 aliphatic heterocycles. The highest BCUT2D eigenvalue weighted by Crippen LogP contribution is 2.44. The van der Waals surface area contributed by atoms with Gasteiger partial charge in [0, 0.05) is 126 Å². The summed E-state index contributed by atoms with van der Waals surface area (Å²) in [6, 6.07) is 27.7. The fourth-order valence-corrected chi connectivity index (χ4v) is 16.6. The second-order valence-electron chi connectivity index (χ2n) is 26.9. The quantitative estimate of drug-likeness (QED) is 0.0763. The van der Waals surface area contributed by atoms with Crippen LogP contribution >= 0.6 is 0 Å². The molecule has 8 atom stereocenters. The summed E-state index contributed by atoms with van der Waals surface area (Å²) < 4.78 is 118. The van der Waals surface area contributed by atoms with E-state index >= 15 is 0 Å². The summed E-state index contributed by atoms with van der Waals surface area (Å²) >= 11 is 0. The van der Waals surface area contributed by atoms with Gasteiger partial charge in [-0.1, -0.05) is 95.1 Å². The molecule has 5 saturated heterocycles. The highest BCUT2D eigenvalue weighted by Gasteiger charge is 2.50. The SMILES string of the molecule is CN1C=CC(C2C3CCC(N3)C(C3=CCN(C)C=C3)C3CCC(N3)C(C3=CCN(C)C=C3)C3CCC(N3)C(C3=CCN(C)C=C3)C3CCC2N3)=CC1.Cc1ccc(S(=O)(=O)O)cc1.Cc1ccc(S(=O)(=O)O)cc1.Cc1ccc(S(=O)(=O)O)cc1.Cc1ccc(S(=O)(=O)O)cc1. The van der Waals surface area contributed by atoms with Crippen LogP contribution in [0.1, 0.15) is 73.6 Å². The summed E-state index contributed by atoms with van der Waals surface area (Å²) in [5.41, 5.74) is 9.99. The van der Waals surface area contributed by atoms with Crippen molar-refractivity contribution in [2.45, 2.75) is 147 Å². The van der Waals surface area contributed by atoms with E-state index < -0.39 is 40.5 Å². The lowest BCUT2D eigenvalue weighted by Gasteiger charge is -2.39. The van der Waals surface area contributed by atoms with Gasteiger partial charge in [-0.05, 0) is 199 Å². The van der Waals surface area contributed by atoms with E-state index in [1.165, 1.54) is 99.9 Å².